The van der Waals surface area contributed by atoms with E-state index in [1.165, 1.54) is 0 Å². The summed E-state index contributed by atoms with van der Waals surface area (Å²) in [6.45, 7) is 4.79. The molecule has 0 aliphatic carbocycles. The van der Waals surface area contributed by atoms with E-state index in [0.717, 1.165) is 11.3 Å². The number of carbonyl (C=O) groups is 1. The Labute approximate surface area is 127 Å². The Morgan fingerprint density at radius 2 is 2.14 bits per heavy atom. The van der Waals surface area contributed by atoms with E-state index in [1.807, 2.05) is 49.1 Å². The van der Waals surface area contributed by atoms with Crippen molar-refractivity contribution >= 4 is 11.6 Å². The number of nitrogens with zero attached hydrogens (tertiary/aromatic N) is 3. The average molecular weight is 283 g/mol. The molecule has 0 heterocycles. The molecule has 1 aromatic carbocycles. The number of amides is 1. The van der Waals surface area contributed by atoms with Gasteiger partial charge in [-0.05, 0) is 32.0 Å². The molecule has 0 atom stereocenters. The molecular weight excluding hydrogens is 262 g/mol. The van der Waals surface area contributed by atoms with Gasteiger partial charge >= 0.3 is 0 Å². The number of terminal acetylenes is 1. The van der Waals surface area contributed by atoms with Crippen molar-refractivity contribution in [1.82, 2.24) is 4.90 Å². The third-order valence-electron chi connectivity index (χ3n) is 3.26. The van der Waals surface area contributed by atoms with Crippen LogP contribution in [0.2, 0.25) is 0 Å². The molecule has 0 N–H and O–H groups in total. The van der Waals surface area contributed by atoms with Gasteiger partial charge in [-0.3, -0.25) is 4.79 Å². The third-order valence-corrected chi connectivity index (χ3v) is 3.26. The minimum atomic E-state index is -0.00920. The van der Waals surface area contributed by atoms with E-state index in [0.29, 0.717) is 13.0 Å². The van der Waals surface area contributed by atoms with Gasteiger partial charge in [0.2, 0.25) is 5.91 Å². The first kappa shape index (κ1) is 16.6. The summed E-state index contributed by atoms with van der Waals surface area (Å²) in [6, 6.07) is 9.83. The van der Waals surface area contributed by atoms with E-state index < -0.39 is 0 Å². The van der Waals surface area contributed by atoms with E-state index in [9.17, 15) is 4.79 Å². The van der Waals surface area contributed by atoms with Gasteiger partial charge < -0.3 is 9.80 Å². The molecule has 4 nitrogen and oxygen atoms in total. The molecule has 0 saturated heterocycles. The number of carbonyl (C=O) groups excluding carboxylic acids is 1. The van der Waals surface area contributed by atoms with E-state index in [1.54, 1.807) is 11.9 Å². The highest BCUT2D eigenvalue weighted by Gasteiger charge is 2.17. The topological polar surface area (TPSA) is 47.3 Å². The maximum Gasteiger partial charge on any atom is 0.241 e. The van der Waals surface area contributed by atoms with E-state index in [2.05, 4.69) is 5.92 Å². The lowest BCUT2D eigenvalue weighted by Gasteiger charge is -2.30. The summed E-state index contributed by atoms with van der Waals surface area (Å²) >= 11 is 0. The SMILES string of the molecule is C#Cc1cccc(N(CC(=O)N(C)CCC#N)C(C)C)c1. The second-order valence-electron chi connectivity index (χ2n) is 5.14. The highest BCUT2D eigenvalue weighted by molar-refractivity contribution is 5.81. The number of benzene rings is 1. The van der Waals surface area contributed by atoms with Gasteiger partial charge in [-0.15, -0.1) is 6.42 Å². The van der Waals surface area contributed by atoms with Crippen molar-refractivity contribution in [3.63, 3.8) is 0 Å². The summed E-state index contributed by atoms with van der Waals surface area (Å²) in [5, 5.41) is 8.59. The lowest BCUT2D eigenvalue weighted by Crippen LogP contribution is -2.42. The van der Waals surface area contributed by atoms with Crippen LogP contribution >= 0.6 is 0 Å². The maximum atomic E-state index is 12.2. The second-order valence-corrected chi connectivity index (χ2v) is 5.14. The van der Waals surface area contributed by atoms with Crippen LogP contribution in [-0.2, 0) is 4.79 Å². The zero-order chi connectivity index (χ0) is 15.8. The zero-order valence-electron chi connectivity index (χ0n) is 12.8. The molecule has 0 aliphatic rings. The highest BCUT2D eigenvalue weighted by Crippen LogP contribution is 2.18. The fourth-order valence-corrected chi connectivity index (χ4v) is 1.96. The molecule has 0 fully saturated rings. The van der Waals surface area contributed by atoms with Crippen molar-refractivity contribution in [3.05, 3.63) is 29.8 Å². The summed E-state index contributed by atoms with van der Waals surface area (Å²) in [5.74, 6) is 2.60. The van der Waals surface area contributed by atoms with Gasteiger partial charge in [-0.2, -0.15) is 5.26 Å². The summed E-state index contributed by atoms with van der Waals surface area (Å²) in [7, 11) is 1.72. The van der Waals surface area contributed by atoms with Crippen molar-refractivity contribution in [1.29, 1.82) is 5.26 Å². The average Bonchev–Trinajstić information content (AvgIpc) is 2.49. The van der Waals surface area contributed by atoms with Crippen LogP contribution in [-0.4, -0.2) is 37.0 Å². The first-order chi connectivity index (χ1) is 9.99. The Kier molecular flexibility index (Phi) is 6.30. The van der Waals surface area contributed by atoms with Crippen LogP contribution in [0.25, 0.3) is 0 Å². The summed E-state index contributed by atoms with van der Waals surface area (Å²) < 4.78 is 0. The summed E-state index contributed by atoms with van der Waals surface area (Å²) in [5.41, 5.74) is 1.73. The Morgan fingerprint density at radius 1 is 1.43 bits per heavy atom. The molecule has 0 unspecified atom stereocenters. The second kappa shape index (κ2) is 7.97. The lowest BCUT2D eigenvalue weighted by molar-refractivity contribution is -0.128. The molecule has 1 aromatic rings. The van der Waals surface area contributed by atoms with Gasteiger partial charge in [0.05, 0.1) is 19.0 Å². The third kappa shape index (κ3) is 4.85. The molecule has 21 heavy (non-hydrogen) atoms. The minimum absolute atomic E-state index is 0.00920. The minimum Gasteiger partial charge on any atom is -0.360 e. The van der Waals surface area contributed by atoms with Gasteiger partial charge in [0.1, 0.15) is 0 Å². The van der Waals surface area contributed by atoms with Gasteiger partial charge in [0.15, 0.2) is 0 Å². The maximum absolute atomic E-state index is 12.2. The first-order valence-electron chi connectivity index (χ1n) is 6.93. The molecule has 0 aromatic heterocycles. The molecule has 0 radical (unpaired) electrons. The van der Waals surface area contributed by atoms with Crippen molar-refractivity contribution in [2.24, 2.45) is 0 Å². The number of nitriles is 1. The van der Waals surface area contributed by atoms with Crippen molar-refractivity contribution in [2.75, 3.05) is 25.0 Å². The van der Waals surface area contributed by atoms with Crippen molar-refractivity contribution in [3.8, 4) is 18.4 Å². The highest BCUT2D eigenvalue weighted by atomic mass is 16.2. The van der Waals surface area contributed by atoms with Gasteiger partial charge in [-0.1, -0.05) is 12.0 Å². The molecule has 0 bridgehead atoms. The van der Waals surface area contributed by atoms with Crippen LogP contribution in [0.4, 0.5) is 5.69 Å². The smallest absolute Gasteiger partial charge is 0.241 e. The van der Waals surface area contributed by atoms with Crippen LogP contribution in [0.15, 0.2) is 24.3 Å². The molecule has 110 valence electrons. The number of likely N-dealkylation sites (N-methyl/N-ethyl adjacent to an activating group) is 1. The number of anilines is 1. The quantitative estimate of drug-likeness (QED) is 0.752. The van der Waals surface area contributed by atoms with E-state index in [-0.39, 0.29) is 18.5 Å². The Morgan fingerprint density at radius 3 is 2.71 bits per heavy atom. The van der Waals surface area contributed by atoms with Crippen LogP contribution in [0.5, 0.6) is 0 Å². The molecule has 0 aliphatic heterocycles. The summed E-state index contributed by atoms with van der Waals surface area (Å²) in [6.07, 6.45) is 5.77. The summed E-state index contributed by atoms with van der Waals surface area (Å²) in [4.78, 5) is 15.8. The van der Waals surface area contributed by atoms with Crippen LogP contribution in [0.3, 0.4) is 0 Å². The first-order valence-corrected chi connectivity index (χ1v) is 6.93. The van der Waals surface area contributed by atoms with Crippen molar-refractivity contribution < 1.29 is 4.79 Å². The van der Waals surface area contributed by atoms with Gasteiger partial charge in [-0.25, -0.2) is 0 Å². The monoisotopic (exact) mass is 283 g/mol. The lowest BCUT2D eigenvalue weighted by atomic mass is 10.1. The van der Waals surface area contributed by atoms with Crippen LogP contribution in [0.1, 0.15) is 25.8 Å². The Bertz CT molecular complexity index is 566. The molecule has 0 spiro atoms. The molecule has 4 heteroatoms. The number of hydrogen-bond donors (Lipinski definition) is 0. The van der Waals surface area contributed by atoms with Crippen LogP contribution < -0.4 is 4.90 Å². The zero-order valence-corrected chi connectivity index (χ0v) is 12.8. The Balaban J connectivity index is 2.86. The molecule has 1 amide bonds. The predicted molar refractivity (Wildman–Crippen MR) is 84.7 cm³/mol. The predicted octanol–water partition coefficient (Wildman–Crippen LogP) is 2.25. The largest absolute Gasteiger partial charge is 0.360 e. The standard InChI is InChI=1S/C17H21N3O/c1-5-15-8-6-9-16(12-15)20(14(2)3)13-17(21)19(4)11-7-10-18/h1,6,8-9,12,14H,7,11,13H2,2-4H3. The molecular formula is C17H21N3O. The van der Waals surface area contributed by atoms with Gasteiger partial charge in [0, 0.05) is 30.9 Å². The van der Waals surface area contributed by atoms with Gasteiger partial charge in [0.25, 0.3) is 0 Å². The van der Waals surface area contributed by atoms with E-state index >= 15 is 0 Å². The van der Waals surface area contributed by atoms with Crippen molar-refractivity contribution in [2.45, 2.75) is 26.3 Å². The van der Waals surface area contributed by atoms with E-state index in [4.69, 9.17) is 11.7 Å². The number of rotatable bonds is 6. The fourth-order valence-electron chi connectivity index (χ4n) is 1.96. The normalized spacial score (nSPS) is 9.81. The Hall–Kier alpha value is -2.46. The molecule has 0 saturated carbocycles. The number of hydrogen-bond acceptors (Lipinski definition) is 3. The molecule has 1 rings (SSSR count). The van der Waals surface area contributed by atoms with Crippen LogP contribution in [0, 0.1) is 23.7 Å². The fraction of sp³-hybridized carbons (Fsp3) is 0.412.